The number of aromatic nitrogens is 1. The largest absolute Gasteiger partial charge is 0.497 e. The minimum atomic E-state index is -0.775. The van der Waals surface area contributed by atoms with Crippen molar-refractivity contribution in [2.75, 3.05) is 17.7 Å². The van der Waals surface area contributed by atoms with Gasteiger partial charge in [-0.15, -0.1) is 0 Å². The summed E-state index contributed by atoms with van der Waals surface area (Å²) in [6.07, 6.45) is 0. The zero-order chi connectivity index (χ0) is 20.1. The van der Waals surface area contributed by atoms with E-state index in [0.717, 1.165) is 17.2 Å². The van der Waals surface area contributed by atoms with Crippen molar-refractivity contribution in [2.24, 2.45) is 5.73 Å². The number of carbonyl (C=O) groups excluding carboxylic acids is 1. The molecule has 0 saturated heterocycles. The van der Waals surface area contributed by atoms with Crippen LogP contribution in [0, 0.1) is 12.7 Å². The Morgan fingerprint density at radius 2 is 1.89 bits per heavy atom. The van der Waals surface area contributed by atoms with Gasteiger partial charge in [-0.2, -0.15) is 0 Å². The van der Waals surface area contributed by atoms with Crippen LogP contribution < -0.4 is 21.1 Å². The highest BCUT2D eigenvalue weighted by Crippen LogP contribution is 2.27. The fraction of sp³-hybridized carbons (Fsp3) is 0.143. The number of carbonyl (C=O) groups is 1. The number of anilines is 3. The van der Waals surface area contributed by atoms with E-state index in [1.807, 2.05) is 49.4 Å². The predicted octanol–water partition coefficient (Wildman–Crippen LogP) is 3.99. The van der Waals surface area contributed by atoms with Crippen LogP contribution in [0.25, 0.3) is 0 Å². The maximum absolute atomic E-state index is 14.4. The van der Waals surface area contributed by atoms with E-state index in [-0.39, 0.29) is 17.2 Å². The Kier molecular flexibility index (Phi) is 5.74. The van der Waals surface area contributed by atoms with E-state index >= 15 is 0 Å². The number of rotatable bonds is 7. The number of hydrogen-bond acceptors (Lipinski definition) is 5. The van der Waals surface area contributed by atoms with Crippen LogP contribution >= 0.6 is 0 Å². The second-order valence-corrected chi connectivity index (χ2v) is 6.28. The molecule has 0 atom stereocenters. The van der Waals surface area contributed by atoms with Crippen LogP contribution in [0.3, 0.4) is 0 Å². The van der Waals surface area contributed by atoms with E-state index in [0.29, 0.717) is 18.0 Å². The molecule has 4 N–H and O–H groups in total. The smallest absolute Gasteiger partial charge is 0.252 e. The first-order valence-electron chi connectivity index (χ1n) is 8.67. The van der Waals surface area contributed by atoms with Gasteiger partial charge in [-0.1, -0.05) is 30.3 Å². The molecule has 0 saturated carbocycles. The number of nitrogens with two attached hydrogens (primary N) is 1. The third kappa shape index (κ3) is 4.56. The molecule has 7 heteroatoms. The summed E-state index contributed by atoms with van der Waals surface area (Å²) >= 11 is 0. The molecule has 3 rings (SSSR count). The molecule has 0 spiro atoms. The fourth-order valence-electron chi connectivity index (χ4n) is 2.75. The van der Waals surface area contributed by atoms with Crippen molar-refractivity contribution in [1.29, 1.82) is 0 Å². The lowest BCUT2D eigenvalue weighted by Crippen LogP contribution is -2.16. The van der Waals surface area contributed by atoms with Crippen molar-refractivity contribution in [3.05, 3.63) is 77.1 Å². The summed E-state index contributed by atoms with van der Waals surface area (Å²) < 4.78 is 19.7. The highest BCUT2D eigenvalue weighted by molar-refractivity contribution is 5.98. The van der Waals surface area contributed by atoms with E-state index in [2.05, 4.69) is 15.6 Å². The van der Waals surface area contributed by atoms with E-state index in [4.69, 9.17) is 10.5 Å². The van der Waals surface area contributed by atoms with Crippen molar-refractivity contribution >= 4 is 23.2 Å². The topological polar surface area (TPSA) is 89.3 Å². The molecular formula is C21H21FN4O2. The van der Waals surface area contributed by atoms with Crippen molar-refractivity contribution in [1.82, 2.24) is 4.98 Å². The number of methoxy groups -OCH3 is 1. The maximum Gasteiger partial charge on any atom is 0.252 e. The summed E-state index contributed by atoms with van der Waals surface area (Å²) in [6.45, 7) is 2.30. The van der Waals surface area contributed by atoms with Gasteiger partial charge in [0.25, 0.3) is 5.91 Å². The van der Waals surface area contributed by atoms with E-state index in [9.17, 15) is 9.18 Å². The number of pyridine rings is 1. The number of ether oxygens (including phenoxy) is 1. The molecule has 6 nitrogen and oxygen atoms in total. The lowest BCUT2D eigenvalue weighted by molar-refractivity contribution is 0.100. The minimum Gasteiger partial charge on any atom is -0.497 e. The summed E-state index contributed by atoms with van der Waals surface area (Å²) in [4.78, 5) is 16.0. The number of nitrogens with one attached hydrogen (secondary N) is 2. The Bertz CT molecular complexity index is 993. The highest BCUT2D eigenvalue weighted by Gasteiger charge is 2.16. The van der Waals surface area contributed by atoms with Gasteiger partial charge in [-0.25, -0.2) is 9.37 Å². The zero-order valence-electron chi connectivity index (χ0n) is 15.6. The first-order valence-corrected chi connectivity index (χ1v) is 8.67. The number of hydrogen-bond donors (Lipinski definition) is 3. The molecule has 2 aromatic carbocycles. The number of nitrogens with zero attached hydrogens (tertiary/aromatic N) is 1. The third-order valence-corrected chi connectivity index (χ3v) is 4.09. The molecule has 0 aliphatic carbocycles. The van der Waals surface area contributed by atoms with Crippen molar-refractivity contribution < 1.29 is 13.9 Å². The van der Waals surface area contributed by atoms with Gasteiger partial charge < -0.3 is 21.1 Å². The van der Waals surface area contributed by atoms with Crippen LogP contribution in [0.1, 0.15) is 21.5 Å². The summed E-state index contributed by atoms with van der Waals surface area (Å²) in [5, 5.41) is 5.99. The third-order valence-electron chi connectivity index (χ3n) is 4.09. The lowest BCUT2D eigenvalue weighted by atomic mass is 10.2. The monoisotopic (exact) mass is 380 g/mol. The molecule has 0 aliphatic rings. The van der Waals surface area contributed by atoms with E-state index in [1.54, 1.807) is 13.2 Å². The first kappa shape index (κ1) is 19.2. The van der Waals surface area contributed by atoms with Crippen LogP contribution in [0.15, 0.2) is 54.6 Å². The van der Waals surface area contributed by atoms with Crippen LogP contribution in [0.5, 0.6) is 5.75 Å². The number of halogens is 1. The molecule has 0 fully saturated rings. The molecule has 1 aromatic heterocycles. The summed E-state index contributed by atoms with van der Waals surface area (Å²) in [5.41, 5.74) is 7.94. The Morgan fingerprint density at radius 3 is 2.57 bits per heavy atom. The predicted molar refractivity (Wildman–Crippen MR) is 107 cm³/mol. The molecule has 0 radical (unpaired) electrons. The standard InChI is InChI=1S/C21H21FN4O2/c1-13-8-15(10-16(9-13)28-2)25-20-17(19(23)27)11-18(22)21(26-20)24-12-14-6-4-3-5-7-14/h3-11H,12H2,1-2H3,(H2,23,27)(H2,24,25,26). The molecule has 0 unspecified atom stereocenters. The fourth-order valence-corrected chi connectivity index (χ4v) is 2.75. The summed E-state index contributed by atoms with van der Waals surface area (Å²) in [7, 11) is 1.56. The number of aryl methyl sites for hydroxylation is 1. The molecular weight excluding hydrogens is 359 g/mol. The molecule has 28 heavy (non-hydrogen) atoms. The SMILES string of the molecule is COc1cc(C)cc(Nc2nc(NCc3ccccc3)c(F)cc2C(N)=O)c1. The molecule has 3 aromatic rings. The molecule has 0 bridgehead atoms. The second-order valence-electron chi connectivity index (χ2n) is 6.28. The van der Waals surface area contributed by atoms with Gasteiger partial charge in [0.15, 0.2) is 11.6 Å². The molecule has 144 valence electrons. The number of amides is 1. The first-order chi connectivity index (χ1) is 13.5. The van der Waals surface area contributed by atoms with Gasteiger partial charge in [0.05, 0.1) is 12.7 Å². The van der Waals surface area contributed by atoms with Crippen LogP contribution in [-0.2, 0) is 6.54 Å². The van der Waals surface area contributed by atoms with Crippen LogP contribution in [0.4, 0.5) is 21.7 Å². The van der Waals surface area contributed by atoms with Gasteiger partial charge in [0.1, 0.15) is 11.6 Å². The van der Waals surface area contributed by atoms with E-state index in [1.165, 1.54) is 0 Å². The van der Waals surface area contributed by atoms with E-state index < -0.39 is 11.7 Å². The number of primary amides is 1. The van der Waals surface area contributed by atoms with Gasteiger partial charge in [0, 0.05) is 18.3 Å². The average molecular weight is 380 g/mol. The number of benzene rings is 2. The van der Waals surface area contributed by atoms with Crippen molar-refractivity contribution in [3.8, 4) is 5.75 Å². The molecule has 1 amide bonds. The maximum atomic E-state index is 14.4. The Balaban J connectivity index is 1.92. The average Bonchev–Trinajstić information content (AvgIpc) is 2.68. The second kappa shape index (κ2) is 8.39. The Hall–Kier alpha value is -3.61. The zero-order valence-corrected chi connectivity index (χ0v) is 15.6. The van der Waals surface area contributed by atoms with Crippen LogP contribution in [-0.4, -0.2) is 18.0 Å². The summed E-state index contributed by atoms with van der Waals surface area (Å²) in [5.74, 6) is -0.596. The van der Waals surface area contributed by atoms with Gasteiger partial charge in [-0.05, 0) is 36.2 Å². The minimum absolute atomic E-state index is 0.0240. The van der Waals surface area contributed by atoms with Gasteiger partial charge >= 0.3 is 0 Å². The van der Waals surface area contributed by atoms with Crippen LogP contribution in [0.2, 0.25) is 0 Å². The van der Waals surface area contributed by atoms with Crippen molar-refractivity contribution in [3.63, 3.8) is 0 Å². The Labute approximate surface area is 162 Å². The Morgan fingerprint density at radius 1 is 1.14 bits per heavy atom. The highest BCUT2D eigenvalue weighted by atomic mass is 19.1. The molecule has 0 aliphatic heterocycles. The van der Waals surface area contributed by atoms with Crippen molar-refractivity contribution in [2.45, 2.75) is 13.5 Å². The normalized spacial score (nSPS) is 10.4. The van der Waals surface area contributed by atoms with Gasteiger partial charge in [0.2, 0.25) is 0 Å². The summed E-state index contributed by atoms with van der Waals surface area (Å²) in [6, 6.07) is 16.1. The lowest BCUT2D eigenvalue weighted by Gasteiger charge is -2.14. The molecule has 1 heterocycles. The quantitative estimate of drug-likeness (QED) is 0.577. The van der Waals surface area contributed by atoms with Gasteiger partial charge in [-0.3, -0.25) is 4.79 Å².